The molecule has 2 rings (SSSR count). The summed E-state index contributed by atoms with van der Waals surface area (Å²) < 4.78 is 5.09. The van der Waals surface area contributed by atoms with Crippen LogP contribution in [-0.4, -0.2) is 33.9 Å². The van der Waals surface area contributed by atoms with E-state index in [0.29, 0.717) is 17.1 Å². The van der Waals surface area contributed by atoms with E-state index in [2.05, 4.69) is 10.3 Å². The number of hydrogen-bond acceptors (Lipinski definition) is 6. The number of nitrogens with one attached hydrogen (secondary N) is 1. The van der Waals surface area contributed by atoms with Crippen LogP contribution in [-0.2, 0) is 11.3 Å². The van der Waals surface area contributed by atoms with E-state index in [-0.39, 0.29) is 19.6 Å². The standard InChI is InChI=1S/C19H25N3O4/c1-12-10-16(20)22-13(2)17(12)18(24)15(23)8-9-21-19(25)26-11-14-6-4-3-5-7-14/h3-7,10,15,18,23-24H,8-9,11H2,1-2H3,(H2,20,22)(H,21,25). The molecule has 0 bridgehead atoms. The predicted molar refractivity (Wildman–Crippen MR) is 98.3 cm³/mol. The first-order chi connectivity index (χ1) is 12.4. The Morgan fingerprint density at radius 1 is 1.27 bits per heavy atom. The maximum atomic E-state index is 11.7. The van der Waals surface area contributed by atoms with Crippen molar-refractivity contribution >= 4 is 11.9 Å². The van der Waals surface area contributed by atoms with E-state index >= 15 is 0 Å². The van der Waals surface area contributed by atoms with E-state index in [9.17, 15) is 15.0 Å². The summed E-state index contributed by atoms with van der Waals surface area (Å²) in [5.41, 5.74) is 8.45. The van der Waals surface area contributed by atoms with Crippen LogP contribution >= 0.6 is 0 Å². The van der Waals surface area contributed by atoms with Gasteiger partial charge in [-0.1, -0.05) is 30.3 Å². The van der Waals surface area contributed by atoms with Crippen molar-refractivity contribution in [2.45, 2.75) is 39.1 Å². The second-order valence-corrected chi connectivity index (χ2v) is 6.15. The van der Waals surface area contributed by atoms with Crippen molar-refractivity contribution in [1.29, 1.82) is 0 Å². The third kappa shape index (κ3) is 5.44. The SMILES string of the molecule is Cc1cc(N)nc(C)c1C(O)C(O)CCNC(=O)OCc1ccccc1. The summed E-state index contributed by atoms with van der Waals surface area (Å²) in [5, 5.41) is 23.2. The first kappa shape index (κ1) is 19.7. The molecular weight excluding hydrogens is 334 g/mol. The van der Waals surface area contributed by atoms with E-state index in [1.54, 1.807) is 19.9 Å². The number of alkyl carbamates (subject to hydrolysis) is 1. The van der Waals surface area contributed by atoms with Crippen molar-refractivity contribution < 1.29 is 19.7 Å². The van der Waals surface area contributed by atoms with Gasteiger partial charge in [-0.3, -0.25) is 0 Å². The fourth-order valence-electron chi connectivity index (χ4n) is 2.76. The molecule has 1 amide bonds. The number of nitrogen functional groups attached to an aromatic ring is 1. The zero-order valence-electron chi connectivity index (χ0n) is 15.0. The molecule has 1 aromatic carbocycles. The summed E-state index contributed by atoms with van der Waals surface area (Å²) >= 11 is 0. The van der Waals surface area contributed by atoms with Crippen molar-refractivity contribution in [3.05, 3.63) is 58.8 Å². The minimum Gasteiger partial charge on any atom is -0.445 e. The summed E-state index contributed by atoms with van der Waals surface area (Å²) in [6, 6.07) is 11.0. The number of hydrogen-bond donors (Lipinski definition) is 4. The van der Waals surface area contributed by atoms with Gasteiger partial charge in [0.05, 0.1) is 6.10 Å². The Kier molecular flexibility index (Phi) is 6.94. The number of pyridine rings is 1. The molecule has 140 valence electrons. The minimum absolute atomic E-state index is 0.171. The van der Waals surface area contributed by atoms with Crippen LogP contribution < -0.4 is 11.1 Å². The fourth-order valence-corrected chi connectivity index (χ4v) is 2.76. The second kappa shape index (κ2) is 9.17. The lowest BCUT2D eigenvalue weighted by molar-refractivity contribution is 0.0127. The van der Waals surface area contributed by atoms with Crippen LogP contribution in [0.5, 0.6) is 0 Å². The summed E-state index contributed by atoms with van der Waals surface area (Å²) in [7, 11) is 0. The van der Waals surface area contributed by atoms with Crippen LogP contribution in [0.3, 0.4) is 0 Å². The van der Waals surface area contributed by atoms with Crippen LogP contribution in [0.15, 0.2) is 36.4 Å². The van der Waals surface area contributed by atoms with Crippen LogP contribution in [0.1, 0.15) is 34.9 Å². The van der Waals surface area contributed by atoms with Crippen molar-refractivity contribution in [2.24, 2.45) is 0 Å². The van der Waals surface area contributed by atoms with Crippen LogP contribution in [0.4, 0.5) is 10.6 Å². The van der Waals surface area contributed by atoms with Gasteiger partial charge in [-0.2, -0.15) is 0 Å². The van der Waals surface area contributed by atoms with Gasteiger partial charge in [-0.05, 0) is 37.5 Å². The lowest BCUT2D eigenvalue weighted by Gasteiger charge is -2.21. The molecule has 0 spiro atoms. The number of anilines is 1. The smallest absolute Gasteiger partial charge is 0.407 e. The van der Waals surface area contributed by atoms with Gasteiger partial charge in [0.2, 0.25) is 0 Å². The number of rotatable bonds is 7. The van der Waals surface area contributed by atoms with Gasteiger partial charge in [0.1, 0.15) is 18.5 Å². The number of aliphatic hydroxyl groups excluding tert-OH is 2. The molecule has 2 aromatic rings. The van der Waals surface area contributed by atoms with Gasteiger partial charge in [0, 0.05) is 17.8 Å². The molecule has 0 fully saturated rings. The predicted octanol–water partition coefficient (Wildman–Crippen LogP) is 1.99. The molecule has 0 aliphatic heterocycles. The summed E-state index contributed by atoms with van der Waals surface area (Å²) in [6.07, 6.45) is -2.56. The van der Waals surface area contributed by atoms with Crippen molar-refractivity contribution in [2.75, 3.05) is 12.3 Å². The van der Waals surface area contributed by atoms with Crippen LogP contribution in [0, 0.1) is 13.8 Å². The third-order valence-corrected chi connectivity index (χ3v) is 4.06. The first-order valence-corrected chi connectivity index (χ1v) is 8.42. The maximum absolute atomic E-state index is 11.7. The molecule has 2 unspecified atom stereocenters. The molecule has 0 saturated heterocycles. The molecule has 5 N–H and O–H groups in total. The Hall–Kier alpha value is -2.64. The minimum atomic E-state index is -1.11. The van der Waals surface area contributed by atoms with E-state index in [0.717, 1.165) is 11.1 Å². The second-order valence-electron chi connectivity index (χ2n) is 6.15. The van der Waals surface area contributed by atoms with Gasteiger partial charge < -0.3 is 26.0 Å². The van der Waals surface area contributed by atoms with E-state index in [1.807, 2.05) is 30.3 Å². The monoisotopic (exact) mass is 359 g/mol. The largest absolute Gasteiger partial charge is 0.445 e. The first-order valence-electron chi connectivity index (χ1n) is 8.42. The number of aryl methyl sites for hydroxylation is 2. The zero-order valence-corrected chi connectivity index (χ0v) is 15.0. The summed E-state index contributed by atoms with van der Waals surface area (Å²) in [4.78, 5) is 15.8. The van der Waals surface area contributed by atoms with Gasteiger partial charge in [0.25, 0.3) is 0 Å². The number of aliphatic hydroxyl groups is 2. The average Bonchev–Trinajstić information content (AvgIpc) is 2.59. The van der Waals surface area contributed by atoms with Crippen LogP contribution in [0.2, 0.25) is 0 Å². The fraction of sp³-hybridized carbons (Fsp3) is 0.368. The van der Waals surface area contributed by atoms with Crippen molar-refractivity contribution in [3.63, 3.8) is 0 Å². The number of carbonyl (C=O) groups is 1. The van der Waals surface area contributed by atoms with E-state index < -0.39 is 18.3 Å². The Morgan fingerprint density at radius 2 is 1.96 bits per heavy atom. The molecule has 1 aromatic heterocycles. The highest BCUT2D eigenvalue weighted by Gasteiger charge is 2.23. The van der Waals surface area contributed by atoms with Gasteiger partial charge in [-0.15, -0.1) is 0 Å². The summed E-state index contributed by atoms with van der Waals surface area (Å²) in [6.45, 7) is 3.88. The molecule has 2 atom stereocenters. The highest BCUT2D eigenvalue weighted by Crippen LogP contribution is 2.25. The molecule has 0 radical (unpaired) electrons. The van der Waals surface area contributed by atoms with Gasteiger partial charge in [0.15, 0.2) is 0 Å². The molecule has 0 aliphatic rings. The Balaban J connectivity index is 1.79. The Morgan fingerprint density at radius 3 is 2.62 bits per heavy atom. The number of carbonyl (C=O) groups excluding carboxylic acids is 1. The molecule has 0 aliphatic carbocycles. The number of benzene rings is 1. The number of aromatic nitrogens is 1. The molecule has 7 heteroatoms. The molecule has 1 heterocycles. The number of nitrogens with zero attached hydrogens (tertiary/aromatic N) is 1. The quantitative estimate of drug-likeness (QED) is 0.600. The van der Waals surface area contributed by atoms with Crippen LogP contribution in [0.25, 0.3) is 0 Å². The molecule has 0 saturated carbocycles. The topological polar surface area (TPSA) is 118 Å². The molecule has 7 nitrogen and oxygen atoms in total. The lowest BCUT2D eigenvalue weighted by atomic mass is 9.96. The maximum Gasteiger partial charge on any atom is 0.407 e. The summed E-state index contributed by atoms with van der Waals surface area (Å²) in [5.74, 6) is 0.369. The number of ether oxygens (including phenoxy) is 1. The number of nitrogens with two attached hydrogens (primary N) is 1. The average molecular weight is 359 g/mol. The Bertz CT molecular complexity index is 714. The molecular formula is C19H25N3O4. The van der Waals surface area contributed by atoms with Crippen molar-refractivity contribution in [1.82, 2.24) is 10.3 Å². The van der Waals surface area contributed by atoms with E-state index in [1.165, 1.54) is 0 Å². The highest BCUT2D eigenvalue weighted by atomic mass is 16.5. The Labute approximate surface area is 152 Å². The lowest BCUT2D eigenvalue weighted by Crippen LogP contribution is -2.30. The third-order valence-electron chi connectivity index (χ3n) is 4.06. The molecule has 26 heavy (non-hydrogen) atoms. The zero-order chi connectivity index (χ0) is 19.1. The van der Waals surface area contributed by atoms with Gasteiger partial charge >= 0.3 is 6.09 Å². The van der Waals surface area contributed by atoms with Gasteiger partial charge in [-0.25, -0.2) is 9.78 Å². The number of amides is 1. The highest BCUT2D eigenvalue weighted by molar-refractivity contribution is 5.67. The normalized spacial score (nSPS) is 13.1. The van der Waals surface area contributed by atoms with Crippen molar-refractivity contribution in [3.8, 4) is 0 Å². The van der Waals surface area contributed by atoms with E-state index in [4.69, 9.17) is 10.5 Å².